The molecule has 0 aliphatic heterocycles. The van der Waals surface area contributed by atoms with Gasteiger partial charge in [-0.1, -0.05) is 0 Å². The van der Waals surface area contributed by atoms with Crippen molar-refractivity contribution >= 4 is 5.91 Å². The van der Waals surface area contributed by atoms with Crippen LogP contribution in [0.5, 0.6) is 0 Å². The highest BCUT2D eigenvalue weighted by Crippen LogP contribution is 1.96. The van der Waals surface area contributed by atoms with Crippen molar-refractivity contribution in [2.45, 2.75) is 33.0 Å². The van der Waals surface area contributed by atoms with Crippen LogP contribution in [-0.4, -0.2) is 38.3 Å². The first-order valence-electron chi connectivity index (χ1n) is 4.65. The van der Waals surface area contributed by atoms with Gasteiger partial charge in [-0.25, -0.2) is 0 Å². The predicted molar refractivity (Wildman–Crippen MR) is 52.6 cm³/mol. The number of amides is 1. The normalized spacial score (nSPS) is 13.0. The summed E-state index contributed by atoms with van der Waals surface area (Å²) in [7, 11) is 1.85. The minimum atomic E-state index is -0.364. The summed E-state index contributed by atoms with van der Waals surface area (Å²) in [5.74, 6) is -0.0519. The van der Waals surface area contributed by atoms with Gasteiger partial charge in [-0.15, -0.1) is 0 Å². The molecule has 0 heterocycles. The molecular weight excluding hydrogens is 168 g/mol. The Morgan fingerprint density at radius 1 is 1.31 bits per heavy atom. The average molecular weight is 188 g/mol. The lowest BCUT2D eigenvalue weighted by atomic mass is 10.3. The summed E-state index contributed by atoms with van der Waals surface area (Å²) in [6.45, 7) is 7.00. The van der Waals surface area contributed by atoms with E-state index in [0.29, 0.717) is 6.54 Å². The van der Waals surface area contributed by atoms with E-state index < -0.39 is 0 Å². The second kappa shape index (κ2) is 6.86. The summed E-state index contributed by atoms with van der Waals surface area (Å²) in [6, 6.07) is 0. The van der Waals surface area contributed by atoms with Crippen LogP contribution < -0.4 is 10.6 Å². The number of carbonyl (C=O) groups excluding carboxylic acids is 1. The average Bonchev–Trinajstić information content (AvgIpc) is 2.03. The lowest BCUT2D eigenvalue weighted by Crippen LogP contribution is -2.38. The van der Waals surface area contributed by atoms with Gasteiger partial charge >= 0.3 is 0 Å². The van der Waals surface area contributed by atoms with Crippen molar-refractivity contribution in [2.75, 3.05) is 20.1 Å². The van der Waals surface area contributed by atoms with Gasteiger partial charge in [0.2, 0.25) is 5.91 Å². The van der Waals surface area contributed by atoms with Gasteiger partial charge in [0, 0.05) is 13.1 Å². The fourth-order valence-electron chi connectivity index (χ4n) is 0.924. The van der Waals surface area contributed by atoms with Crippen LogP contribution in [0.15, 0.2) is 0 Å². The Hall–Kier alpha value is -0.610. The molecule has 0 spiro atoms. The number of rotatable bonds is 6. The third-order valence-electron chi connectivity index (χ3n) is 1.52. The molecule has 78 valence electrons. The van der Waals surface area contributed by atoms with E-state index in [-0.39, 0.29) is 18.1 Å². The van der Waals surface area contributed by atoms with Crippen LogP contribution in [0.4, 0.5) is 0 Å². The monoisotopic (exact) mass is 188 g/mol. The highest BCUT2D eigenvalue weighted by Gasteiger charge is 2.13. The first-order valence-corrected chi connectivity index (χ1v) is 4.65. The van der Waals surface area contributed by atoms with E-state index in [4.69, 9.17) is 4.74 Å². The van der Waals surface area contributed by atoms with Gasteiger partial charge in [0.15, 0.2) is 0 Å². The highest BCUT2D eigenvalue weighted by molar-refractivity contribution is 5.80. The summed E-state index contributed by atoms with van der Waals surface area (Å²) < 4.78 is 5.31. The second-order valence-corrected chi connectivity index (χ2v) is 3.22. The molecule has 0 aromatic heterocycles. The number of carbonyl (C=O) groups is 1. The van der Waals surface area contributed by atoms with Gasteiger partial charge in [-0.2, -0.15) is 0 Å². The standard InChI is InChI=1S/C9H20N2O2/c1-7(2)13-8(3)9(12)11-6-5-10-4/h7-8,10H,5-6H2,1-4H3,(H,11,12). The number of hydrogen-bond donors (Lipinski definition) is 2. The predicted octanol–water partition coefficient (Wildman–Crippen LogP) is 0.136. The first-order chi connectivity index (χ1) is 6.07. The molecule has 4 heteroatoms. The number of ether oxygens (including phenoxy) is 1. The molecular formula is C9H20N2O2. The molecule has 0 aliphatic rings. The molecule has 13 heavy (non-hydrogen) atoms. The largest absolute Gasteiger partial charge is 0.366 e. The van der Waals surface area contributed by atoms with Crippen molar-refractivity contribution in [3.8, 4) is 0 Å². The molecule has 0 bridgehead atoms. The Morgan fingerprint density at radius 2 is 1.92 bits per heavy atom. The smallest absolute Gasteiger partial charge is 0.248 e. The zero-order chi connectivity index (χ0) is 10.3. The van der Waals surface area contributed by atoms with Crippen LogP contribution in [0.25, 0.3) is 0 Å². The fraction of sp³-hybridized carbons (Fsp3) is 0.889. The van der Waals surface area contributed by atoms with E-state index in [1.54, 1.807) is 6.92 Å². The van der Waals surface area contributed by atoms with Crippen molar-refractivity contribution in [3.63, 3.8) is 0 Å². The molecule has 0 aromatic carbocycles. The van der Waals surface area contributed by atoms with Crippen molar-refractivity contribution in [2.24, 2.45) is 0 Å². The van der Waals surface area contributed by atoms with Gasteiger partial charge in [0.1, 0.15) is 6.10 Å². The summed E-state index contributed by atoms with van der Waals surface area (Å²) in [6.07, 6.45) is -0.276. The summed E-state index contributed by atoms with van der Waals surface area (Å²) in [4.78, 5) is 11.3. The maximum Gasteiger partial charge on any atom is 0.248 e. The third kappa shape index (κ3) is 6.54. The SMILES string of the molecule is CNCCNC(=O)C(C)OC(C)C. The molecule has 0 saturated heterocycles. The zero-order valence-electron chi connectivity index (χ0n) is 8.89. The molecule has 0 saturated carbocycles. The Labute approximate surface area is 80.0 Å². The third-order valence-corrected chi connectivity index (χ3v) is 1.52. The molecule has 0 radical (unpaired) electrons. The Morgan fingerprint density at radius 3 is 2.38 bits per heavy atom. The molecule has 1 atom stereocenters. The Kier molecular flexibility index (Phi) is 6.54. The van der Waals surface area contributed by atoms with Crippen molar-refractivity contribution in [1.29, 1.82) is 0 Å². The van der Waals surface area contributed by atoms with Crippen LogP contribution >= 0.6 is 0 Å². The van der Waals surface area contributed by atoms with E-state index in [0.717, 1.165) is 6.54 Å². The quantitative estimate of drug-likeness (QED) is 0.583. The molecule has 0 fully saturated rings. The Balaban J connectivity index is 3.57. The number of hydrogen-bond acceptors (Lipinski definition) is 3. The van der Waals surface area contributed by atoms with Gasteiger partial charge in [0.05, 0.1) is 6.10 Å². The van der Waals surface area contributed by atoms with Crippen LogP contribution in [-0.2, 0) is 9.53 Å². The molecule has 0 aliphatic carbocycles. The molecule has 1 amide bonds. The topological polar surface area (TPSA) is 50.4 Å². The zero-order valence-corrected chi connectivity index (χ0v) is 8.89. The van der Waals surface area contributed by atoms with E-state index in [9.17, 15) is 4.79 Å². The Bertz CT molecular complexity index is 149. The fourth-order valence-corrected chi connectivity index (χ4v) is 0.924. The van der Waals surface area contributed by atoms with E-state index in [1.165, 1.54) is 0 Å². The summed E-state index contributed by atoms with van der Waals surface area (Å²) >= 11 is 0. The summed E-state index contributed by atoms with van der Waals surface area (Å²) in [5, 5.41) is 5.71. The molecule has 2 N–H and O–H groups in total. The molecule has 0 aromatic rings. The maximum absolute atomic E-state index is 11.3. The van der Waals surface area contributed by atoms with Crippen LogP contribution in [0.3, 0.4) is 0 Å². The lowest BCUT2D eigenvalue weighted by molar-refractivity contribution is -0.134. The molecule has 1 unspecified atom stereocenters. The van der Waals surface area contributed by atoms with Gasteiger partial charge in [-0.3, -0.25) is 4.79 Å². The van der Waals surface area contributed by atoms with Gasteiger partial charge in [-0.05, 0) is 27.8 Å². The van der Waals surface area contributed by atoms with Crippen molar-refractivity contribution < 1.29 is 9.53 Å². The maximum atomic E-state index is 11.3. The summed E-state index contributed by atoms with van der Waals surface area (Å²) in [5.41, 5.74) is 0. The van der Waals surface area contributed by atoms with Crippen LogP contribution in [0.1, 0.15) is 20.8 Å². The van der Waals surface area contributed by atoms with Gasteiger partial charge in [0.25, 0.3) is 0 Å². The number of likely N-dealkylation sites (N-methyl/N-ethyl adjacent to an activating group) is 1. The number of nitrogens with one attached hydrogen (secondary N) is 2. The molecule has 4 nitrogen and oxygen atoms in total. The highest BCUT2D eigenvalue weighted by atomic mass is 16.5. The van der Waals surface area contributed by atoms with Crippen LogP contribution in [0, 0.1) is 0 Å². The minimum Gasteiger partial charge on any atom is -0.366 e. The van der Waals surface area contributed by atoms with Crippen molar-refractivity contribution in [3.05, 3.63) is 0 Å². The minimum absolute atomic E-state index is 0.0519. The molecule has 0 rings (SSSR count). The van der Waals surface area contributed by atoms with E-state index >= 15 is 0 Å². The first kappa shape index (κ1) is 12.4. The van der Waals surface area contributed by atoms with Crippen molar-refractivity contribution in [1.82, 2.24) is 10.6 Å². The van der Waals surface area contributed by atoms with E-state index in [2.05, 4.69) is 10.6 Å². The van der Waals surface area contributed by atoms with E-state index in [1.807, 2.05) is 20.9 Å². The lowest BCUT2D eigenvalue weighted by Gasteiger charge is -2.15. The second-order valence-electron chi connectivity index (χ2n) is 3.22. The van der Waals surface area contributed by atoms with Crippen LogP contribution in [0.2, 0.25) is 0 Å². The van der Waals surface area contributed by atoms with Gasteiger partial charge < -0.3 is 15.4 Å².